The molecule has 116 valence electrons. The van der Waals surface area contributed by atoms with Gasteiger partial charge in [0.15, 0.2) is 0 Å². The van der Waals surface area contributed by atoms with Crippen LogP contribution in [0.4, 0.5) is 11.5 Å². The summed E-state index contributed by atoms with van der Waals surface area (Å²) < 4.78 is 0. The summed E-state index contributed by atoms with van der Waals surface area (Å²) >= 11 is 0. The van der Waals surface area contributed by atoms with Crippen LogP contribution in [-0.2, 0) is 0 Å². The third kappa shape index (κ3) is 3.15. The molecule has 0 atom stereocenters. The molecule has 0 bridgehead atoms. The van der Waals surface area contributed by atoms with Crippen LogP contribution >= 0.6 is 0 Å². The van der Waals surface area contributed by atoms with Gasteiger partial charge < -0.3 is 10.2 Å². The molecule has 0 fully saturated rings. The van der Waals surface area contributed by atoms with E-state index in [4.69, 9.17) is 0 Å². The second kappa shape index (κ2) is 6.22. The number of pyridine rings is 1. The molecule has 0 radical (unpaired) electrons. The fourth-order valence-electron chi connectivity index (χ4n) is 2.05. The third-order valence-corrected chi connectivity index (χ3v) is 3.19. The number of tetrazole rings is 1. The Balaban J connectivity index is 1.85. The van der Waals surface area contributed by atoms with Gasteiger partial charge >= 0.3 is 0 Å². The van der Waals surface area contributed by atoms with Crippen LogP contribution in [-0.4, -0.2) is 50.5 Å². The molecule has 0 aliphatic carbocycles. The number of benzene rings is 1. The quantitative estimate of drug-likeness (QED) is 0.761. The minimum atomic E-state index is -0.0868. The number of nitrogens with one attached hydrogen (secondary N) is 2. The molecule has 3 rings (SSSR count). The Kier molecular flexibility index (Phi) is 3.96. The zero-order valence-electron chi connectivity index (χ0n) is 12.7. The standard InChI is InChI=1S/C15H15N7O/c1-22(2)15(23)10-7-8-13(16-9-10)17-12-6-4-3-5-11(12)14-18-20-21-19-14/h3-9H,1-2H3,(H,16,17)(H,18,19,20,21). The van der Waals surface area contributed by atoms with E-state index in [1.165, 1.54) is 4.90 Å². The van der Waals surface area contributed by atoms with Crippen LogP contribution in [0.3, 0.4) is 0 Å². The fourth-order valence-corrected chi connectivity index (χ4v) is 2.05. The van der Waals surface area contributed by atoms with Crippen molar-refractivity contribution < 1.29 is 4.79 Å². The minimum absolute atomic E-state index is 0.0868. The summed E-state index contributed by atoms with van der Waals surface area (Å²) in [6, 6.07) is 11.1. The van der Waals surface area contributed by atoms with Crippen molar-refractivity contribution in [1.29, 1.82) is 0 Å². The summed E-state index contributed by atoms with van der Waals surface area (Å²) in [5.41, 5.74) is 2.14. The molecule has 0 aliphatic rings. The lowest BCUT2D eigenvalue weighted by Crippen LogP contribution is -2.21. The highest BCUT2D eigenvalue weighted by molar-refractivity contribution is 5.93. The number of aromatic amines is 1. The maximum Gasteiger partial charge on any atom is 0.254 e. The lowest BCUT2D eigenvalue weighted by molar-refractivity contribution is 0.0827. The van der Waals surface area contributed by atoms with Gasteiger partial charge in [-0.2, -0.15) is 5.21 Å². The first-order valence-electron chi connectivity index (χ1n) is 6.93. The van der Waals surface area contributed by atoms with E-state index in [9.17, 15) is 4.79 Å². The Labute approximate surface area is 132 Å². The maximum atomic E-state index is 11.9. The molecular formula is C15H15N7O. The van der Waals surface area contributed by atoms with Gasteiger partial charge in [-0.1, -0.05) is 12.1 Å². The van der Waals surface area contributed by atoms with Crippen molar-refractivity contribution in [2.24, 2.45) is 0 Å². The molecular weight excluding hydrogens is 294 g/mol. The van der Waals surface area contributed by atoms with Gasteiger partial charge in [0.05, 0.1) is 11.3 Å². The normalized spacial score (nSPS) is 10.3. The second-order valence-electron chi connectivity index (χ2n) is 5.04. The van der Waals surface area contributed by atoms with E-state index in [0.717, 1.165) is 11.3 Å². The molecule has 8 heteroatoms. The number of hydrogen-bond donors (Lipinski definition) is 2. The molecule has 0 saturated carbocycles. The van der Waals surface area contributed by atoms with Crippen LogP contribution in [0.5, 0.6) is 0 Å². The lowest BCUT2D eigenvalue weighted by atomic mass is 10.1. The molecule has 23 heavy (non-hydrogen) atoms. The largest absolute Gasteiger partial charge is 0.345 e. The van der Waals surface area contributed by atoms with Crippen LogP contribution in [0.1, 0.15) is 10.4 Å². The van der Waals surface area contributed by atoms with Crippen molar-refractivity contribution in [2.75, 3.05) is 19.4 Å². The van der Waals surface area contributed by atoms with E-state index in [-0.39, 0.29) is 5.91 Å². The maximum absolute atomic E-state index is 11.9. The van der Waals surface area contributed by atoms with Gasteiger partial charge in [-0.15, -0.1) is 10.2 Å². The average Bonchev–Trinajstić information content (AvgIpc) is 3.09. The number of rotatable bonds is 4. The van der Waals surface area contributed by atoms with Crippen molar-refractivity contribution in [1.82, 2.24) is 30.5 Å². The van der Waals surface area contributed by atoms with E-state index in [2.05, 4.69) is 30.9 Å². The van der Waals surface area contributed by atoms with Gasteiger partial charge in [0.2, 0.25) is 5.82 Å². The molecule has 8 nitrogen and oxygen atoms in total. The molecule has 2 heterocycles. The van der Waals surface area contributed by atoms with Crippen LogP contribution in [0.2, 0.25) is 0 Å². The third-order valence-electron chi connectivity index (χ3n) is 3.19. The van der Waals surface area contributed by atoms with E-state index < -0.39 is 0 Å². The summed E-state index contributed by atoms with van der Waals surface area (Å²) in [4.78, 5) is 17.6. The lowest BCUT2D eigenvalue weighted by Gasteiger charge is -2.11. The summed E-state index contributed by atoms with van der Waals surface area (Å²) in [6.07, 6.45) is 1.54. The summed E-state index contributed by atoms with van der Waals surface area (Å²) in [7, 11) is 3.41. The van der Waals surface area contributed by atoms with E-state index in [1.807, 2.05) is 24.3 Å². The number of nitrogens with zero attached hydrogens (tertiary/aromatic N) is 5. The number of para-hydroxylation sites is 1. The molecule has 3 aromatic rings. The predicted octanol–water partition coefficient (Wildman–Crippen LogP) is 1.71. The molecule has 2 N–H and O–H groups in total. The van der Waals surface area contributed by atoms with Crippen LogP contribution in [0, 0.1) is 0 Å². The highest BCUT2D eigenvalue weighted by Crippen LogP contribution is 2.26. The van der Waals surface area contributed by atoms with Crippen molar-refractivity contribution >= 4 is 17.4 Å². The summed E-state index contributed by atoms with van der Waals surface area (Å²) in [5.74, 6) is 1.03. The number of amides is 1. The average molecular weight is 309 g/mol. The number of carbonyl (C=O) groups is 1. The zero-order chi connectivity index (χ0) is 16.2. The fraction of sp³-hybridized carbons (Fsp3) is 0.133. The molecule has 1 aromatic carbocycles. The smallest absolute Gasteiger partial charge is 0.254 e. The van der Waals surface area contributed by atoms with E-state index in [0.29, 0.717) is 17.2 Å². The van der Waals surface area contributed by atoms with Crippen molar-refractivity contribution in [3.05, 3.63) is 48.2 Å². The first-order valence-corrected chi connectivity index (χ1v) is 6.93. The highest BCUT2D eigenvalue weighted by Gasteiger charge is 2.11. The Morgan fingerprint density at radius 2 is 2.00 bits per heavy atom. The zero-order valence-corrected chi connectivity index (χ0v) is 12.7. The monoisotopic (exact) mass is 309 g/mol. The van der Waals surface area contributed by atoms with Crippen molar-refractivity contribution in [2.45, 2.75) is 0 Å². The molecule has 0 saturated heterocycles. The van der Waals surface area contributed by atoms with Crippen LogP contribution in [0.25, 0.3) is 11.4 Å². The van der Waals surface area contributed by atoms with Gasteiger partial charge in [-0.3, -0.25) is 4.79 Å². The molecule has 2 aromatic heterocycles. The Morgan fingerprint density at radius 3 is 2.65 bits per heavy atom. The van der Waals surface area contributed by atoms with Gasteiger partial charge in [0, 0.05) is 25.9 Å². The molecule has 1 amide bonds. The Bertz CT molecular complexity index is 797. The first kappa shape index (κ1) is 14.6. The van der Waals surface area contributed by atoms with Gasteiger partial charge in [-0.05, 0) is 29.5 Å². The number of aromatic nitrogens is 5. The number of hydrogen-bond acceptors (Lipinski definition) is 6. The Morgan fingerprint density at radius 1 is 1.17 bits per heavy atom. The van der Waals surface area contributed by atoms with Gasteiger partial charge in [-0.25, -0.2) is 4.98 Å². The van der Waals surface area contributed by atoms with Crippen LogP contribution < -0.4 is 5.32 Å². The SMILES string of the molecule is CN(C)C(=O)c1ccc(Nc2ccccc2-c2nn[nH]n2)nc1. The molecule has 0 aliphatic heterocycles. The van der Waals surface area contributed by atoms with E-state index in [1.54, 1.807) is 32.4 Å². The molecule has 0 unspecified atom stereocenters. The Hall–Kier alpha value is -3.29. The second-order valence-corrected chi connectivity index (χ2v) is 5.04. The van der Waals surface area contributed by atoms with E-state index >= 15 is 0 Å². The summed E-state index contributed by atoms with van der Waals surface area (Å²) in [6.45, 7) is 0. The highest BCUT2D eigenvalue weighted by atomic mass is 16.2. The predicted molar refractivity (Wildman–Crippen MR) is 85.2 cm³/mol. The topological polar surface area (TPSA) is 99.7 Å². The first-order chi connectivity index (χ1) is 11.1. The number of carbonyl (C=O) groups excluding carboxylic acids is 1. The molecule has 0 spiro atoms. The minimum Gasteiger partial charge on any atom is -0.345 e. The number of H-pyrrole nitrogens is 1. The van der Waals surface area contributed by atoms with Gasteiger partial charge in [0.1, 0.15) is 5.82 Å². The van der Waals surface area contributed by atoms with Crippen LogP contribution in [0.15, 0.2) is 42.6 Å². The van der Waals surface area contributed by atoms with Gasteiger partial charge in [0.25, 0.3) is 5.91 Å². The summed E-state index contributed by atoms with van der Waals surface area (Å²) in [5, 5.41) is 17.2. The van der Waals surface area contributed by atoms with Crippen molar-refractivity contribution in [3.63, 3.8) is 0 Å². The van der Waals surface area contributed by atoms with Crippen molar-refractivity contribution in [3.8, 4) is 11.4 Å². The number of anilines is 2.